The van der Waals surface area contributed by atoms with Gasteiger partial charge >= 0.3 is 0 Å². The highest BCUT2D eigenvalue weighted by Crippen LogP contribution is 2.32. The van der Waals surface area contributed by atoms with E-state index >= 15 is 0 Å². The number of hydrogen-bond acceptors (Lipinski definition) is 7. The van der Waals surface area contributed by atoms with Gasteiger partial charge < -0.3 is 10.4 Å². The number of thiazole rings is 1. The second-order valence-corrected chi connectivity index (χ2v) is 7.93. The highest BCUT2D eigenvalue weighted by molar-refractivity contribution is 7.99. The Morgan fingerprint density at radius 1 is 1.14 bits per heavy atom. The number of nitrogens with zero attached hydrogens (tertiary/aromatic N) is 4. The molecule has 146 valence electrons. The molecule has 0 saturated heterocycles. The first-order chi connectivity index (χ1) is 14.1. The minimum Gasteiger partial charge on any atom is -0.507 e. The third kappa shape index (κ3) is 4.30. The van der Waals surface area contributed by atoms with Crippen molar-refractivity contribution in [1.29, 1.82) is 0 Å². The van der Waals surface area contributed by atoms with E-state index < -0.39 is 0 Å². The van der Waals surface area contributed by atoms with Crippen LogP contribution in [-0.2, 0) is 4.79 Å². The van der Waals surface area contributed by atoms with Crippen LogP contribution in [0.4, 0.5) is 5.13 Å². The van der Waals surface area contributed by atoms with Gasteiger partial charge in [-0.1, -0.05) is 42.1 Å². The number of carbonyl (C=O) groups is 1. The molecule has 7 nitrogen and oxygen atoms in total. The maximum absolute atomic E-state index is 12.3. The van der Waals surface area contributed by atoms with E-state index in [1.54, 1.807) is 18.2 Å². The van der Waals surface area contributed by atoms with Crippen molar-refractivity contribution < 1.29 is 9.90 Å². The number of anilines is 1. The number of phenols is 1. The van der Waals surface area contributed by atoms with Gasteiger partial charge in [0.25, 0.3) is 0 Å². The minimum absolute atomic E-state index is 0.116. The number of hydrogen-bond donors (Lipinski definition) is 2. The van der Waals surface area contributed by atoms with Gasteiger partial charge in [0.05, 0.1) is 17.0 Å². The molecule has 0 fully saturated rings. The molecule has 9 heteroatoms. The Balaban J connectivity index is 1.62. The van der Waals surface area contributed by atoms with Gasteiger partial charge in [-0.25, -0.2) is 4.98 Å². The number of nitrogens with one attached hydrogen (secondary N) is 1. The molecule has 0 aliphatic rings. The molecule has 0 unspecified atom stereocenters. The highest BCUT2D eigenvalue weighted by atomic mass is 32.2. The van der Waals surface area contributed by atoms with Crippen molar-refractivity contribution in [2.75, 3.05) is 11.1 Å². The van der Waals surface area contributed by atoms with Crippen LogP contribution in [0.3, 0.4) is 0 Å². The van der Waals surface area contributed by atoms with Crippen molar-refractivity contribution in [2.24, 2.45) is 0 Å². The molecule has 0 bridgehead atoms. The summed E-state index contributed by atoms with van der Waals surface area (Å²) in [4.78, 5) is 16.6. The number of aromatic hydroxyl groups is 1. The van der Waals surface area contributed by atoms with Crippen molar-refractivity contribution in [3.05, 3.63) is 65.7 Å². The first-order valence-electron chi connectivity index (χ1n) is 8.76. The van der Waals surface area contributed by atoms with E-state index in [1.165, 1.54) is 23.1 Å². The van der Waals surface area contributed by atoms with Crippen LogP contribution in [0.15, 0.2) is 65.1 Å². The topological polar surface area (TPSA) is 92.9 Å². The summed E-state index contributed by atoms with van der Waals surface area (Å²) >= 11 is 2.66. The lowest BCUT2D eigenvalue weighted by molar-refractivity contribution is -0.113. The molecule has 4 rings (SSSR count). The summed E-state index contributed by atoms with van der Waals surface area (Å²) in [6, 6.07) is 16.6. The van der Waals surface area contributed by atoms with Crippen LogP contribution in [0.2, 0.25) is 0 Å². The standard InChI is InChI=1S/C20H17N5O2S2/c1-13-11-28-19(21-13)22-17(27)12-29-20-24-23-18(15-9-5-6-10-16(15)26)25(20)14-7-3-2-4-8-14/h2-11,26H,12H2,1H3,(H,21,22,27). The number of benzene rings is 2. The van der Waals surface area contributed by atoms with E-state index in [0.717, 1.165) is 11.4 Å². The summed E-state index contributed by atoms with van der Waals surface area (Å²) in [7, 11) is 0. The molecular weight excluding hydrogens is 406 g/mol. The van der Waals surface area contributed by atoms with Gasteiger partial charge in [0, 0.05) is 11.1 Å². The van der Waals surface area contributed by atoms with E-state index in [0.29, 0.717) is 21.7 Å². The van der Waals surface area contributed by atoms with E-state index in [9.17, 15) is 9.90 Å². The Morgan fingerprint density at radius 2 is 1.90 bits per heavy atom. The van der Waals surface area contributed by atoms with Crippen molar-refractivity contribution in [1.82, 2.24) is 19.7 Å². The monoisotopic (exact) mass is 423 g/mol. The van der Waals surface area contributed by atoms with Gasteiger partial charge in [-0.15, -0.1) is 21.5 Å². The fourth-order valence-corrected chi connectivity index (χ4v) is 4.16. The molecule has 2 heterocycles. The molecule has 2 aromatic heterocycles. The molecule has 1 amide bonds. The first kappa shape index (κ1) is 19.2. The lowest BCUT2D eigenvalue weighted by atomic mass is 10.2. The van der Waals surface area contributed by atoms with Crippen molar-refractivity contribution in [3.8, 4) is 22.8 Å². The molecule has 0 radical (unpaired) electrons. The summed E-state index contributed by atoms with van der Waals surface area (Å²) in [6.07, 6.45) is 0. The maximum atomic E-state index is 12.3. The third-order valence-electron chi connectivity index (χ3n) is 3.99. The normalized spacial score (nSPS) is 10.8. The molecular formula is C20H17N5O2S2. The zero-order chi connectivity index (χ0) is 20.2. The average Bonchev–Trinajstić information content (AvgIpc) is 3.33. The van der Waals surface area contributed by atoms with E-state index in [4.69, 9.17) is 0 Å². The van der Waals surface area contributed by atoms with Crippen LogP contribution in [0.5, 0.6) is 5.75 Å². The summed E-state index contributed by atoms with van der Waals surface area (Å²) in [5, 5.41) is 24.6. The number of aryl methyl sites for hydroxylation is 1. The molecule has 0 saturated carbocycles. The fraction of sp³-hybridized carbons (Fsp3) is 0.100. The number of aromatic nitrogens is 4. The third-order valence-corrected chi connectivity index (χ3v) is 5.79. The number of para-hydroxylation sites is 2. The van der Waals surface area contributed by atoms with Gasteiger partial charge in [0.15, 0.2) is 16.1 Å². The van der Waals surface area contributed by atoms with Crippen molar-refractivity contribution >= 4 is 34.1 Å². The van der Waals surface area contributed by atoms with Gasteiger partial charge in [-0.3, -0.25) is 9.36 Å². The van der Waals surface area contributed by atoms with Crippen LogP contribution >= 0.6 is 23.1 Å². The largest absolute Gasteiger partial charge is 0.507 e. The Hall–Kier alpha value is -3.17. The van der Waals surface area contributed by atoms with Gasteiger partial charge in [0.2, 0.25) is 5.91 Å². The molecule has 4 aromatic rings. The zero-order valence-corrected chi connectivity index (χ0v) is 17.1. The Bertz CT molecular complexity index is 1140. The molecule has 2 aromatic carbocycles. The quantitative estimate of drug-likeness (QED) is 0.453. The number of thioether (sulfide) groups is 1. The molecule has 0 atom stereocenters. The SMILES string of the molecule is Cc1csc(NC(=O)CSc2nnc(-c3ccccc3O)n2-c2ccccc2)n1. The lowest BCUT2D eigenvalue weighted by Crippen LogP contribution is -2.14. The summed E-state index contributed by atoms with van der Waals surface area (Å²) in [5.41, 5.74) is 2.28. The minimum atomic E-state index is -0.170. The van der Waals surface area contributed by atoms with E-state index in [1.807, 2.05) is 53.3 Å². The van der Waals surface area contributed by atoms with Crippen molar-refractivity contribution in [2.45, 2.75) is 12.1 Å². The fourth-order valence-electron chi connectivity index (χ4n) is 2.71. The molecule has 0 spiro atoms. The van der Waals surface area contributed by atoms with Gasteiger partial charge in [-0.05, 0) is 31.2 Å². The molecule has 29 heavy (non-hydrogen) atoms. The molecule has 2 N–H and O–H groups in total. The number of rotatable bonds is 6. The Kier molecular flexibility index (Phi) is 5.59. The molecule has 0 aliphatic carbocycles. The van der Waals surface area contributed by atoms with Crippen LogP contribution in [0, 0.1) is 6.92 Å². The first-order valence-corrected chi connectivity index (χ1v) is 10.6. The summed E-state index contributed by atoms with van der Waals surface area (Å²) in [6.45, 7) is 1.88. The molecule has 0 aliphatic heterocycles. The number of carbonyl (C=O) groups excluding carboxylic acids is 1. The van der Waals surface area contributed by atoms with Crippen LogP contribution in [0.25, 0.3) is 17.1 Å². The van der Waals surface area contributed by atoms with Gasteiger partial charge in [0.1, 0.15) is 5.75 Å². The number of phenolic OH excluding ortho intramolecular Hbond substituents is 1. The van der Waals surface area contributed by atoms with Crippen LogP contribution < -0.4 is 5.32 Å². The zero-order valence-electron chi connectivity index (χ0n) is 15.4. The Morgan fingerprint density at radius 3 is 2.62 bits per heavy atom. The average molecular weight is 424 g/mol. The van der Waals surface area contributed by atoms with E-state index in [2.05, 4.69) is 20.5 Å². The summed E-state index contributed by atoms with van der Waals surface area (Å²) < 4.78 is 1.83. The predicted octanol–water partition coefficient (Wildman–Crippen LogP) is 4.14. The highest BCUT2D eigenvalue weighted by Gasteiger charge is 2.19. The summed E-state index contributed by atoms with van der Waals surface area (Å²) in [5.74, 6) is 0.610. The predicted molar refractivity (Wildman–Crippen MR) is 115 cm³/mol. The second-order valence-electron chi connectivity index (χ2n) is 6.13. The van der Waals surface area contributed by atoms with Crippen LogP contribution in [0.1, 0.15) is 5.69 Å². The number of amides is 1. The lowest BCUT2D eigenvalue weighted by Gasteiger charge is -2.11. The Labute approximate surface area is 175 Å². The maximum Gasteiger partial charge on any atom is 0.236 e. The smallest absolute Gasteiger partial charge is 0.236 e. The van der Waals surface area contributed by atoms with Gasteiger partial charge in [-0.2, -0.15) is 0 Å². The van der Waals surface area contributed by atoms with E-state index in [-0.39, 0.29) is 17.4 Å². The van der Waals surface area contributed by atoms with Crippen LogP contribution in [-0.4, -0.2) is 36.5 Å². The second kappa shape index (κ2) is 8.46. The van der Waals surface area contributed by atoms with Crippen molar-refractivity contribution in [3.63, 3.8) is 0 Å².